The summed E-state index contributed by atoms with van der Waals surface area (Å²) in [5.74, 6) is -2.48. The smallest absolute Gasteiger partial charge is 0.303 e. The second-order valence-electron chi connectivity index (χ2n) is 10.8. The lowest BCUT2D eigenvalue weighted by atomic mass is 9.45. The summed E-state index contributed by atoms with van der Waals surface area (Å²) in [6, 6.07) is 0. The van der Waals surface area contributed by atoms with Gasteiger partial charge in [0.1, 0.15) is 6.17 Å². The van der Waals surface area contributed by atoms with E-state index in [1.165, 1.54) is 19.9 Å². The van der Waals surface area contributed by atoms with Gasteiger partial charge in [-0.3, -0.25) is 19.2 Å². The Hall–Kier alpha value is -2.09. The third-order valence-corrected chi connectivity index (χ3v) is 9.17. The van der Waals surface area contributed by atoms with Crippen LogP contribution in [0.2, 0.25) is 0 Å². The van der Waals surface area contributed by atoms with E-state index in [1.807, 2.05) is 13.8 Å². The molecule has 0 amide bonds. The molecule has 3 saturated carbocycles. The highest BCUT2D eigenvalue weighted by Gasteiger charge is 2.71. The molecule has 0 heterocycles. The number of esters is 2. The number of fused-ring (bicyclic) bond motifs is 5. The number of rotatable bonds is 4. The van der Waals surface area contributed by atoms with E-state index in [9.17, 15) is 24.3 Å². The van der Waals surface area contributed by atoms with Gasteiger partial charge < -0.3 is 14.6 Å². The van der Waals surface area contributed by atoms with Crippen molar-refractivity contribution in [2.24, 2.45) is 28.6 Å². The van der Waals surface area contributed by atoms with Gasteiger partial charge in [-0.05, 0) is 66.9 Å². The van der Waals surface area contributed by atoms with Crippen molar-refractivity contribution in [1.29, 1.82) is 0 Å². The predicted octanol–water partition coefficient (Wildman–Crippen LogP) is 2.87. The number of carbonyl (C=O) groups excluding carboxylic acids is 4. The molecule has 0 radical (unpaired) electrons. The maximum Gasteiger partial charge on any atom is 0.303 e. The van der Waals surface area contributed by atoms with E-state index in [2.05, 4.69) is 0 Å². The predicted molar refractivity (Wildman–Crippen MR) is 115 cm³/mol. The average molecular weight is 465 g/mol. The number of ether oxygens (including phenoxy) is 2. The Morgan fingerprint density at radius 2 is 1.88 bits per heavy atom. The van der Waals surface area contributed by atoms with Crippen molar-refractivity contribution in [3.8, 4) is 0 Å². The fourth-order valence-corrected chi connectivity index (χ4v) is 7.89. The molecule has 3 fully saturated rings. The molecule has 182 valence electrons. The topological polar surface area (TPSA) is 107 Å². The molecule has 2 unspecified atom stereocenters. The van der Waals surface area contributed by atoms with Gasteiger partial charge in [0.05, 0.1) is 6.10 Å². The van der Waals surface area contributed by atoms with Gasteiger partial charge in [-0.2, -0.15) is 0 Å². The number of carbonyl (C=O) groups is 4. The number of hydrogen-bond donors (Lipinski definition) is 1. The zero-order valence-corrected chi connectivity index (χ0v) is 19.7. The summed E-state index contributed by atoms with van der Waals surface area (Å²) in [6.07, 6.45) is 1.21. The highest BCUT2D eigenvalue weighted by Crippen LogP contribution is 2.68. The molecule has 4 aliphatic carbocycles. The molecule has 4 rings (SSSR count). The van der Waals surface area contributed by atoms with Gasteiger partial charge in [0.25, 0.3) is 0 Å². The van der Waals surface area contributed by atoms with Crippen LogP contribution in [0.3, 0.4) is 0 Å². The fourth-order valence-electron chi connectivity index (χ4n) is 7.89. The van der Waals surface area contributed by atoms with Crippen LogP contribution in [-0.4, -0.2) is 53.1 Å². The summed E-state index contributed by atoms with van der Waals surface area (Å²) in [6.45, 7) is 5.69. The van der Waals surface area contributed by atoms with E-state index in [0.717, 1.165) is 0 Å². The van der Waals surface area contributed by atoms with Gasteiger partial charge in [0, 0.05) is 25.7 Å². The first kappa shape index (κ1) is 24.0. The van der Waals surface area contributed by atoms with Crippen LogP contribution in [0.1, 0.15) is 66.2 Å². The number of alkyl halides is 1. The van der Waals surface area contributed by atoms with Gasteiger partial charge in [0.15, 0.2) is 18.0 Å². The Bertz CT molecular complexity index is 928. The lowest BCUT2D eigenvalue weighted by molar-refractivity contribution is -0.203. The molecule has 0 spiro atoms. The molecule has 8 heteroatoms. The third-order valence-electron chi connectivity index (χ3n) is 9.17. The zero-order valence-electron chi connectivity index (χ0n) is 19.7. The number of aliphatic hydroxyl groups is 1. The molecule has 0 aromatic rings. The molecule has 1 N–H and O–H groups in total. The van der Waals surface area contributed by atoms with Gasteiger partial charge in [-0.25, -0.2) is 4.39 Å². The SMILES string of the molecule is CC(=O)OCC(=O)[C@@]1(OC(C)=O)CC[C@H]2[C@@H]3CC(F)C4=CC(=O)CC[C@]4(C)[C@H]3C(O)C[C@@]21C. The molecule has 0 aliphatic heterocycles. The van der Waals surface area contributed by atoms with Crippen LogP contribution in [0.25, 0.3) is 0 Å². The minimum Gasteiger partial charge on any atom is -0.458 e. The van der Waals surface area contributed by atoms with Crippen molar-refractivity contribution < 1.29 is 38.1 Å². The monoisotopic (exact) mass is 464 g/mol. The number of allylic oxidation sites excluding steroid dienone is 1. The number of ketones is 2. The van der Waals surface area contributed by atoms with Crippen molar-refractivity contribution in [2.75, 3.05) is 6.61 Å². The Morgan fingerprint density at radius 3 is 2.52 bits per heavy atom. The molecule has 0 aromatic heterocycles. The number of Topliss-reactive ketones (excluding diaryl/α,β-unsaturated/α-hetero) is 1. The van der Waals surface area contributed by atoms with Crippen LogP contribution in [0.4, 0.5) is 4.39 Å². The van der Waals surface area contributed by atoms with Crippen molar-refractivity contribution >= 4 is 23.5 Å². The Morgan fingerprint density at radius 1 is 1.18 bits per heavy atom. The second kappa shape index (κ2) is 8.00. The van der Waals surface area contributed by atoms with Crippen LogP contribution in [0.15, 0.2) is 11.6 Å². The largest absolute Gasteiger partial charge is 0.458 e. The van der Waals surface area contributed by atoms with Crippen LogP contribution in [-0.2, 0) is 28.7 Å². The molecule has 0 bridgehead atoms. The van der Waals surface area contributed by atoms with E-state index in [-0.39, 0.29) is 42.8 Å². The first-order valence-corrected chi connectivity index (χ1v) is 11.8. The van der Waals surface area contributed by atoms with Crippen LogP contribution >= 0.6 is 0 Å². The highest BCUT2D eigenvalue weighted by molar-refractivity contribution is 5.93. The number of hydrogen-bond acceptors (Lipinski definition) is 7. The Balaban J connectivity index is 1.75. The molecule has 8 atom stereocenters. The van der Waals surface area contributed by atoms with Crippen molar-refractivity contribution in [3.63, 3.8) is 0 Å². The average Bonchev–Trinajstić information content (AvgIpc) is 2.99. The minimum absolute atomic E-state index is 0.0791. The van der Waals surface area contributed by atoms with E-state index >= 15 is 4.39 Å². The van der Waals surface area contributed by atoms with Gasteiger partial charge in [-0.15, -0.1) is 0 Å². The van der Waals surface area contributed by atoms with Gasteiger partial charge in [-0.1, -0.05) is 13.8 Å². The summed E-state index contributed by atoms with van der Waals surface area (Å²) >= 11 is 0. The fraction of sp³-hybridized carbons (Fsp3) is 0.760. The standard InChI is InChI=1S/C25H33FO7/c1-13(27)32-12-21(31)25(33-14(2)28)8-6-17-16-10-19(26)18-9-15(29)5-7-23(18,3)22(16)20(30)11-24(17,25)4/h9,16-17,19-20,22,30H,5-8,10-12H2,1-4H3/t16-,17-,19?,20?,22+,23-,24-,25-/m0/s1. The maximum atomic E-state index is 15.5. The van der Waals surface area contributed by atoms with Gasteiger partial charge >= 0.3 is 11.9 Å². The van der Waals surface area contributed by atoms with Crippen LogP contribution in [0, 0.1) is 28.6 Å². The summed E-state index contributed by atoms with van der Waals surface area (Å²) in [5.41, 5.74) is -2.63. The quantitative estimate of drug-likeness (QED) is 0.638. The normalized spacial score (nSPS) is 44.1. The van der Waals surface area contributed by atoms with Gasteiger partial charge in [0.2, 0.25) is 5.78 Å². The van der Waals surface area contributed by atoms with Crippen molar-refractivity contribution in [3.05, 3.63) is 11.6 Å². The third kappa shape index (κ3) is 3.47. The summed E-state index contributed by atoms with van der Waals surface area (Å²) < 4.78 is 26.2. The summed E-state index contributed by atoms with van der Waals surface area (Å²) in [7, 11) is 0. The zero-order chi connectivity index (χ0) is 24.3. The number of halogens is 1. The minimum atomic E-state index is -1.55. The molecule has 33 heavy (non-hydrogen) atoms. The molecule has 4 aliphatic rings. The molecule has 0 aromatic carbocycles. The maximum absolute atomic E-state index is 15.5. The van der Waals surface area contributed by atoms with E-state index in [1.54, 1.807) is 0 Å². The molecule has 0 saturated heterocycles. The van der Waals surface area contributed by atoms with E-state index in [0.29, 0.717) is 24.8 Å². The van der Waals surface area contributed by atoms with Crippen LogP contribution < -0.4 is 0 Å². The Labute approximate surface area is 193 Å². The molecular formula is C25H33FO7. The lowest BCUT2D eigenvalue weighted by Gasteiger charge is -2.61. The van der Waals surface area contributed by atoms with Crippen molar-refractivity contribution in [2.45, 2.75) is 84.1 Å². The van der Waals surface area contributed by atoms with E-state index < -0.39 is 53.0 Å². The Kier molecular flexibility index (Phi) is 5.83. The van der Waals surface area contributed by atoms with Crippen molar-refractivity contribution in [1.82, 2.24) is 0 Å². The van der Waals surface area contributed by atoms with Crippen LogP contribution in [0.5, 0.6) is 0 Å². The summed E-state index contributed by atoms with van der Waals surface area (Å²) in [5, 5.41) is 11.5. The highest BCUT2D eigenvalue weighted by atomic mass is 19.1. The van der Waals surface area contributed by atoms with E-state index in [4.69, 9.17) is 9.47 Å². The molecular weight excluding hydrogens is 431 g/mol. The molecule has 7 nitrogen and oxygen atoms in total. The first-order valence-electron chi connectivity index (χ1n) is 11.8. The number of aliphatic hydroxyl groups excluding tert-OH is 1. The second-order valence-corrected chi connectivity index (χ2v) is 10.8. The summed E-state index contributed by atoms with van der Waals surface area (Å²) in [4.78, 5) is 48.8. The lowest BCUT2D eigenvalue weighted by Crippen LogP contribution is -2.64. The first-order chi connectivity index (χ1) is 15.4.